The zero-order valence-corrected chi connectivity index (χ0v) is 11.9. The summed E-state index contributed by atoms with van der Waals surface area (Å²) < 4.78 is 0. The largest absolute Gasteiger partial charge is 0.352 e. The Morgan fingerprint density at radius 2 is 2.24 bits per heavy atom. The smallest absolute Gasteiger partial charge is 0.251 e. The van der Waals surface area contributed by atoms with Crippen molar-refractivity contribution in [3.63, 3.8) is 0 Å². The molecule has 17 heavy (non-hydrogen) atoms. The van der Waals surface area contributed by atoms with Crippen LogP contribution in [0.3, 0.4) is 0 Å². The van der Waals surface area contributed by atoms with E-state index >= 15 is 0 Å². The standard InChI is InChI=1S/C14H18BrNO/c1-3-9(2)13(15)11-5-4-10-6-7-16-14(17)12(10)8-11/h4-5,8-9,13H,3,6-7H2,1-2H3,(H,16,17). The van der Waals surface area contributed by atoms with Crippen LogP contribution in [-0.4, -0.2) is 12.5 Å². The van der Waals surface area contributed by atoms with Gasteiger partial charge in [0.1, 0.15) is 0 Å². The molecule has 92 valence electrons. The van der Waals surface area contributed by atoms with Crippen LogP contribution in [0.25, 0.3) is 0 Å². The van der Waals surface area contributed by atoms with E-state index in [1.165, 1.54) is 11.1 Å². The van der Waals surface area contributed by atoms with Crippen molar-refractivity contribution >= 4 is 21.8 Å². The molecule has 2 rings (SSSR count). The van der Waals surface area contributed by atoms with E-state index < -0.39 is 0 Å². The molecule has 1 aromatic carbocycles. The summed E-state index contributed by atoms with van der Waals surface area (Å²) in [6.07, 6.45) is 2.07. The predicted octanol–water partition coefficient (Wildman–Crippen LogP) is 3.45. The van der Waals surface area contributed by atoms with E-state index in [1.807, 2.05) is 6.07 Å². The van der Waals surface area contributed by atoms with Gasteiger partial charge in [-0.25, -0.2) is 0 Å². The molecule has 3 heteroatoms. The number of fused-ring (bicyclic) bond motifs is 1. The third-order valence-corrected chi connectivity index (χ3v) is 4.95. The molecule has 0 saturated heterocycles. The second-order valence-electron chi connectivity index (χ2n) is 4.71. The summed E-state index contributed by atoms with van der Waals surface area (Å²) in [5.74, 6) is 0.636. The molecule has 1 aromatic rings. The summed E-state index contributed by atoms with van der Waals surface area (Å²) in [6.45, 7) is 5.16. The van der Waals surface area contributed by atoms with Gasteiger partial charge in [-0.15, -0.1) is 0 Å². The molecule has 0 fully saturated rings. The molecule has 1 heterocycles. The molecule has 1 aliphatic rings. The van der Waals surface area contributed by atoms with Gasteiger partial charge in [-0.1, -0.05) is 48.3 Å². The minimum atomic E-state index is 0.0666. The van der Waals surface area contributed by atoms with Gasteiger partial charge < -0.3 is 5.32 Å². The van der Waals surface area contributed by atoms with Gasteiger partial charge in [0.25, 0.3) is 5.91 Å². The lowest BCUT2D eigenvalue weighted by Crippen LogP contribution is -2.31. The SMILES string of the molecule is CCC(C)C(Br)c1ccc2c(c1)C(=O)NCC2. The molecule has 0 radical (unpaired) electrons. The summed E-state index contributed by atoms with van der Waals surface area (Å²) >= 11 is 3.73. The number of halogens is 1. The minimum absolute atomic E-state index is 0.0666. The normalized spacial score (nSPS) is 18.2. The van der Waals surface area contributed by atoms with Crippen LogP contribution in [-0.2, 0) is 6.42 Å². The predicted molar refractivity (Wildman–Crippen MR) is 73.6 cm³/mol. The van der Waals surface area contributed by atoms with E-state index in [4.69, 9.17) is 0 Å². The van der Waals surface area contributed by atoms with Gasteiger partial charge in [0.2, 0.25) is 0 Å². The Balaban J connectivity index is 2.32. The fourth-order valence-electron chi connectivity index (χ4n) is 2.14. The summed E-state index contributed by atoms with van der Waals surface area (Å²) in [5, 5.41) is 2.89. The average molecular weight is 296 g/mol. The topological polar surface area (TPSA) is 29.1 Å². The van der Waals surface area contributed by atoms with Crippen molar-refractivity contribution in [2.45, 2.75) is 31.5 Å². The first-order valence-corrected chi connectivity index (χ1v) is 7.10. The first-order chi connectivity index (χ1) is 8.13. The molecule has 1 aliphatic heterocycles. The Bertz CT molecular complexity index is 430. The number of alkyl halides is 1. The van der Waals surface area contributed by atoms with Crippen LogP contribution in [0.15, 0.2) is 18.2 Å². The zero-order valence-electron chi connectivity index (χ0n) is 10.3. The van der Waals surface area contributed by atoms with Crippen molar-refractivity contribution < 1.29 is 4.79 Å². The number of amides is 1. The maximum atomic E-state index is 11.8. The van der Waals surface area contributed by atoms with E-state index in [0.717, 1.165) is 24.9 Å². The van der Waals surface area contributed by atoms with Crippen LogP contribution in [0.4, 0.5) is 0 Å². The van der Waals surface area contributed by atoms with Crippen LogP contribution in [0, 0.1) is 5.92 Å². The third kappa shape index (κ3) is 2.54. The van der Waals surface area contributed by atoms with Crippen LogP contribution in [0.1, 0.15) is 46.6 Å². The maximum absolute atomic E-state index is 11.8. The highest BCUT2D eigenvalue weighted by atomic mass is 79.9. The van der Waals surface area contributed by atoms with Gasteiger partial charge in [-0.2, -0.15) is 0 Å². The lowest BCUT2D eigenvalue weighted by molar-refractivity contribution is 0.0946. The van der Waals surface area contributed by atoms with Gasteiger partial charge in [0.05, 0.1) is 0 Å². The van der Waals surface area contributed by atoms with Gasteiger partial charge in [-0.05, 0) is 29.5 Å². The minimum Gasteiger partial charge on any atom is -0.352 e. The van der Waals surface area contributed by atoms with Gasteiger partial charge >= 0.3 is 0 Å². The molecule has 1 N–H and O–H groups in total. The second-order valence-corrected chi connectivity index (χ2v) is 5.70. The quantitative estimate of drug-likeness (QED) is 0.850. The zero-order chi connectivity index (χ0) is 12.4. The van der Waals surface area contributed by atoms with E-state index in [0.29, 0.717) is 10.7 Å². The number of nitrogens with one attached hydrogen (secondary N) is 1. The molecule has 0 aromatic heterocycles. The maximum Gasteiger partial charge on any atom is 0.251 e. The van der Waals surface area contributed by atoms with E-state index in [2.05, 4.69) is 47.2 Å². The molecular formula is C14H18BrNO. The number of hydrogen-bond acceptors (Lipinski definition) is 1. The Hall–Kier alpha value is -0.830. The van der Waals surface area contributed by atoms with Crippen LogP contribution >= 0.6 is 15.9 Å². The van der Waals surface area contributed by atoms with E-state index in [1.54, 1.807) is 0 Å². The van der Waals surface area contributed by atoms with Crippen LogP contribution < -0.4 is 5.32 Å². The van der Waals surface area contributed by atoms with Crippen molar-refractivity contribution in [3.05, 3.63) is 34.9 Å². The van der Waals surface area contributed by atoms with Gasteiger partial charge in [-0.3, -0.25) is 4.79 Å². The number of rotatable bonds is 3. The first-order valence-electron chi connectivity index (χ1n) is 6.18. The Labute approximate surface area is 111 Å². The van der Waals surface area contributed by atoms with E-state index in [9.17, 15) is 4.79 Å². The van der Waals surface area contributed by atoms with Crippen molar-refractivity contribution in [3.8, 4) is 0 Å². The average Bonchev–Trinajstić information content (AvgIpc) is 2.37. The highest BCUT2D eigenvalue weighted by Gasteiger charge is 2.20. The molecule has 0 spiro atoms. The number of benzene rings is 1. The van der Waals surface area contributed by atoms with Crippen LogP contribution in [0.2, 0.25) is 0 Å². The molecule has 2 unspecified atom stereocenters. The van der Waals surface area contributed by atoms with Gasteiger partial charge in [0, 0.05) is 16.9 Å². The fourth-order valence-corrected chi connectivity index (χ4v) is 2.79. The lowest BCUT2D eigenvalue weighted by atomic mass is 9.93. The first kappa shape index (κ1) is 12.6. The third-order valence-electron chi connectivity index (χ3n) is 3.52. The lowest BCUT2D eigenvalue weighted by Gasteiger charge is -2.21. The summed E-state index contributed by atoms with van der Waals surface area (Å²) in [7, 11) is 0. The molecule has 0 aliphatic carbocycles. The summed E-state index contributed by atoms with van der Waals surface area (Å²) in [6, 6.07) is 6.28. The van der Waals surface area contributed by atoms with Crippen molar-refractivity contribution in [1.82, 2.24) is 5.32 Å². The second kappa shape index (κ2) is 5.21. The summed E-state index contributed by atoms with van der Waals surface area (Å²) in [5.41, 5.74) is 3.22. The van der Waals surface area contributed by atoms with Crippen molar-refractivity contribution in [1.29, 1.82) is 0 Å². The van der Waals surface area contributed by atoms with Gasteiger partial charge in [0.15, 0.2) is 0 Å². The number of hydrogen-bond donors (Lipinski definition) is 1. The fraction of sp³-hybridized carbons (Fsp3) is 0.500. The molecule has 0 bridgehead atoms. The highest BCUT2D eigenvalue weighted by Crippen LogP contribution is 2.34. The summed E-state index contributed by atoms with van der Waals surface area (Å²) in [4.78, 5) is 12.1. The van der Waals surface area contributed by atoms with Crippen LogP contribution in [0.5, 0.6) is 0 Å². The molecule has 1 amide bonds. The highest BCUT2D eigenvalue weighted by molar-refractivity contribution is 9.09. The van der Waals surface area contributed by atoms with Crippen molar-refractivity contribution in [2.75, 3.05) is 6.54 Å². The molecule has 0 saturated carbocycles. The Kier molecular flexibility index (Phi) is 3.87. The molecule has 2 atom stereocenters. The molecular weight excluding hydrogens is 278 g/mol. The Morgan fingerprint density at radius 3 is 2.94 bits per heavy atom. The van der Waals surface area contributed by atoms with Crippen molar-refractivity contribution in [2.24, 2.45) is 5.92 Å². The monoisotopic (exact) mass is 295 g/mol. The van der Waals surface area contributed by atoms with E-state index in [-0.39, 0.29) is 5.91 Å². The Morgan fingerprint density at radius 1 is 1.47 bits per heavy atom. The number of carbonyl (C=O) groups excluding carboxylic acids is 1. The molecule has 2 nitrogen and oxygen atoms in total. The number of carbonyl (C=O) groups is 1.